The fraction of sp³-hybridized carbons (Fsp3) is 0.425. The van der Waals surface area contributed by atoms with Crippen molar-refractivity contribution < 1.29 is 27.8 Å². The Hall–Kier alpha value is -4.68. The van der Waals surface area contributed by atoms with Crippen molar-refractivity contribution in [3.8, 4) is 17.1 Å². The summed E-state index contributed by atoms with van der Waals surface area (Å²) in [6.07, 6.45) is 7.60. The maximum Gasteiger partial charge on any atom is 0.410 e. The van der Waals surface area contributed by atoms with Gasteiger partial charge >= 0.3 is 6.09 Å². The van der Waals surface area contributed by atoms with Gasteiger partial charge in [-0.25, -0.2) is 18.6 Å². The van der Waals surface area contributed by atoms with E-state index < -0.39 is 17.2 Å². The highest BCUT2D eigenvalue weighted by Gasteiger charge is 2.52. The number of aromatic nitrogens is 2. The van der Waals surface area contributed by atoms with Gasteiger partial charge in [0.2, 0.25) is 5.88 Å². The van der Waals surface area contributed by atoms with E-state index in [1.165, 1.54) is 6.07 Å². The summed E-state index contributed by atoms with van der Waals surface area (Å²) in [5.41, 5.74) is 2.21. The smallest absolute Gasteiger partial charge is 0.410 e. The van der Waals surface area contributed by atoms with E-state index in [0.29, 0.717) is 53.7 Å². The number of halogens is 3. The first-order valence-electron chi connectivity index (χ1n) is 18.2. The third kappa shape index (κ3) is 5.39. The number of carbonyl (C=O) groups excluding carboxylic acids is 1. The zero-order valence-corrected chi connectivity index (χ0v) is 31.1. The largest absolute Gasteiger partial charge is 0.474 e. The van der Waals surface area contributed by atoms with Crippen LogP contribution in [0.15, 0.2) is 60.3 Å². The minimum absolute atomic E-state index is 0.0112. The fourth-order valence-electron chi connectivity index (χ4n) is 8.87. The Morgan fingerprint density at radius 1 is 1.09 bits per heavy atom. The Kier molecular flexibility index (Phi) is 8.01. The van der Waals surface area contributed by atoms with Gasteiger partial charge in [-0.15, -0.1) is 0 Å². The monoisotopic (exact) mass is 742 g/mol. The number of benzene rings is 2. The summed E-state index contributed by atoms with van der Waals surface area (Å²) in [6.45, 7) is 9.61. The average molecular weight is 743 g/mol. The SMILES string of the molecule is C[C@@H]1CN2c3c4c(nc5c(F)c(-c6cccc7ccc(F)c(Cl)c67)ncc35)OC[C@@H]([C@@H]3CCCN3C)N4C(=C3CC=CO3)[C@H]2CN1C(=O)OC(C)(C)C. The van der Waals surface area contributed by atoms with Gasteiger partial charge in [-0.3, -0.25) is 4.98 Å². The Balaban J connectivity index is 1.28. The van der Waals surface area contributed by atoms with E-state index in [-0.39, 0.29) is 46.5 Å². The average Bonchev–Trinajstić information content (AvgIpc) is 3.81. The minimum atomic E-state index is -0.674. The molecule has 2 aromatic carbocycles. The van der Waals surface area contributed by atoms with E-state index in [4.69, 9.17) is 35.8 Å². The second-order valence-corrected chi connectivity index (χ2v) is 16.0. The van der Waals surface area contributed by atoms with Gasteiger partial charge in [0.25, 0.3) is 0 Å². The summed E-state index contributed by atoms with van der Waals surface area (Å²) in [5, 5.41) is 1.45. The molecule has 0 bridgehead atoms. The number of likely N-dealkylation sites (tertiary alicyclic amines) is 1. The Morgan fingerprint density at radius 3 is 2.66 bits per heavy atom. The van der Waals surface area contributed by atoms with E-state index >= 15 is 4.39 Å². The number of rotatable bonds is 2. The highest BCUT2D eigenvalue weighted by Crippen LogP contribution is 2.55. The first kappa shape index (κ1) is 34.1. The van der Waals surface area contributed by atoms with Gasteiger partial charge in [0, 0.05) is 47.6 Å². The van der Waals surface area contributed by atoms with E-state index in [9.17, 15) is 9.18 Å². The number of amides is 1. The highest BCUT2D eigenvalue weighted by atomic mass is 35.5. The fourth-order valence-corrected chi connectivity index (χ4v) is 9.14. The Labute approximate surface area is 311 Å². The molecule has 2 saturated heterocycles. The van der Waals surface area contributed by atoms with Crippen molar-refractivity contribution in [1.29, 1.82) is 0 Å². The van der Waals surface area contributed by atoms with Crippen molar-refractivity contribution in [3.63, 3.8) is 0 Å². The van der Waals surface area contributed by atoms with E-state index in [1.807, 2.05) is 33.8 Å². The van der Waals surface area contributed by atoms with Gasteiger partial charge in [-0.1, -0.05) is 35.9 Å². The van der Waals surface area contributed by atoms with Gasteiger partial charge in [-0.05, 0) is 71.7 Å². The number of hydrogen-bond acceptors (Lipinski definition) is 9. The number of allylic oxidation sites excluding steroid dienone is 1. The Bertz CT molecular complexity index is 2250. The number of anilines is 2. The molecule has 1 amide bonds. The second kappa shape index (κ2) is 12.4. The highest BCUT2D eigenvalue weighted by molar-refractivity contribution is 6.36. The zero-order chi connectivity index (χ0) is 36.9. The third-order valence-corrected chi connectivity index (χ3v) is 11.6. The number of carbonyl (C=O) groups is 1. The standard InChI is InChI=1S/C40H41ClF2N6O4/c1-21-18-48-27(19-47(21)39(50)53-40(2,3)4)36(29-12-8-16-51-29)49-28(26-11-7-15-46(26)5)20-52-38-37(49)35(48)24-17-44-33(32(43)34(24)45-38)23-10-6-9-22-13-14-25(42)31(41)30(22)23/h6,8-10,13-14,16-17,21,26-28H,7,11-12,15,18-20H2,1-5H3/t21-,26+,27-,28+/m1/s1. The molecule has 0 unspecified atom stereocenters. The number of ether oxygens (including phenoxy) is 3. The molecule has 5 aliphatic heterocycles. The van der Waals surface area contributed by atoms with Crippen molar-refractivity contribution in [2.24, 2.45) is 0 Å². The predicted molar refractivity (Wildman–Crippen MR) is 200 cm³/mol. The summed E-state index contributed by atoms with van der Waals surface area (Å²) >= 11 is 6.49. The van der Waals surface area contributed by atoms with Gasteiger partial charge < -0.3 is 33.8 Å². The molecule has 0 radical (unpaired) electrons. The minimum Gasteiger partial charge on any atom is -0.474 e. The lowest BCUT2D eigenvalue weighted by molar-refractivity contribution is 0.0130. The van der Waals surface area contributed by atoms with Crippen LogP contribution in [0.2, 0.25) is 5.02 Å². The van der Waals surface area contributed by atoms with Crippen LogP contribution in [0.3, 0.4) is 0 Å². The number of nitrogens with zero attached hydrogens (tertiary/aromatic N) is 6. The second-order valence-electron chi connectivity index (χ2n) is 15.7. The molecule has 276 valence electrons. The van der Waals surface area contributed by atoms with Crippen LogP contribution in [0.25, 0.3) is 32.9 Å². The molecule has 53 heavy (non-hydrogen) atoms. The molecule has 0 spiro atoms. The molecule has 5 aliphatic rings. The van der Waals surface area contributed by atoms with Crippen LogP contribution in [-0.4, -0.2) is 88.9 Å². The Morgan fingerprint density at radius 2 is 1.92 bits per heavy atom. The summed E-state index contributed by atoms with van der Waals surface area (Å²) in [4.78, 5) is 32.1. The third-order valence-electron chi connectivity index (χ3n) is 11.2. The molecule has 0 N–H and O–H groups in total. The van der Waals surface area contributed by atoms with Crippen LogP contribution in [0.1, 0.15) is 47.0 Å². The number of likely N-dealkylation sites (N-methyl/N-ethyl adjacent to an activating group) is 1. The number of pyridine rings is 2. The number of piperazine rings is 1. The van der Waals surface area contributed by atoms with Crippen molar-refractivity contribution in [1.82, 2.24) is 19.8 Å². The van der Waals surface area contributed by atoms with Crippen LogP contribution < -0.4 is 14.5 Å². The van der Waals surface area contributed by atoms with Crippen LogP contribution in [0.4, 0.5) is 25.0 Å². The molecule has 2 aromatic heterocycles. The van der Waals surface area contributed by atoms with Gasteiger partial charge in [0.05, 0.1) is 41.3 Å². The van der Waals surface area contributed by atoms with Gasteiger partial charge in [0.15, 0.2) is 5.82 Å². The molecule has 0 saturated carbocycles. The van der Waals surface area contributed by atoms with Gasteiger partial charge in [-0.2, -0.15) is 0 Å². The molecule has 9 rings (SSSR count). The first-order chi connectivity index (χ1) is 25.4. The summed E-state index contributed by atoms with van der Waals surface area (Å²) in [6, 6.07) is 7.61. The van der Waals surface area contributed by atoms with Crippen molar-refractivity contribution in [2.45, 2.75) is 76.7 Å². The molecule has 4 aromatic rings. The lowest BCUT2D eigenvalue weighted by Crippen LogP contribution is -2.66. The summed E-state index contributed by atoms with van der Waals surface area (Å²) in [7, 11) is 2.14. The maximum absolute atomic E-state index is 17.2. The molecule has 0 aliphatic carbocycles. The normalized spacial score (nSPS) is 25.5. The quantitative estimate of drug-likeness (QED) is 0.203. The van der Waals surface area contributed by atoms with Crippen LogP contribution in [0, 0.1) is 11.6 Å². The van der Waals surface area contributed by atoms with Crippen molar-refractivity contribution >= 4 is 50.7 Å². The molecular weight excluding hydrogens is 702 g/mol. The molecule has 2 fully saturated rings. The lowest BCUT2D eigenvalue weighted by atomic mass is 9.91. The predicted octanol–water partition coefficient (Wildman–Crippen LogP) is 8.02. The molecule has 13 heteroatoms. The van der Waals surface area contributed by atoms with E-state index in [0.717, 1.165) is 42.2 Å². The topological polar surface area (TPSA) is 83.5 Å². The molecule has 10 nitrogen and oxygen atoms in total. The molecule has 4 atom stereocenters. The summed E-state index contributed by atoms with van der Waals surface area (Å²) in [5.74, 6) is -0.154. The van der Waals surface area contributed by atoms with Crippen LogP contribution >= 0.6 is 11.6 Å². The molecular formula is C40H41ClF2N6O4. The maximum atomic E-state index is 17.2. The van der Waals surface area contributed by atoms with Crippen LogP contribution in [0.5, 0.6) is 5.88 Å². The molecule has 7 heterocycles. The van der Waals surface area contributed by atoms with Crippen LogP contribution in [-0.2, 0) is 9.47 Å². The van der Waals surface area contributed by atoms with Crippen molar-refractivity contribution in [3.05, 3.63) is 77.0 Å². The zero-order valence-electron chi connectivity index (χ0n) is 30.3. The van der Waals surface area contributed by atoms with E-state index in [1.54, 1.807) is 41.6 Å². The summed E-state index contributed by atoms with van der Waals surface area (Å²) < 4.78 is 50.6. The number of hydrogen-bond donors (Lipinski definition) is 0. The van der Waals surface area contributed by atoms with Crippen molar-refractivity contribution in [2.75, 3.05) is 43.1 Å². The first-order valence-corrected chi connectivity index (χ1v) is 18.6. The van der Waals surface area contributed by atoms with E-state index in [2.05, 4.69) is 21.7 Å². The lowest BCUT2D eigenvalue weighted by Gasteiger charge is -2.56. The number of fused-ring (bicyclic) bond motifs is 5. The van der Waals surface area contributed by atoms with Gasteiger partial charge in [0.1, 0.15) is 40.7 Å².